The third kappa shape index (κ3) is 5.74. The number of hydrogen-bond donors (Lipinski definition) is 1. The number of aryl methyl sites for hydroxylation is 1. The second-order valence-corrected chi connectivity index (χ2v) is 6.60. The molecule has 0 aliphatic heterocycles. The van der Waals surface area contributed by atoms with Crippen LogP contribution in [-0.2, 0) is 16.1 Å². The summed E-state index contributed by atoms with van der Waals surface area (Å²) in [4.78, 5) is 27.0. The lowest BCUT2D eigenvalue weighted by molar-refractivity contribution is -0.138. The molecule has 1 N–H and O–H groups in total. The highest BCUT2D eigenvalue weighted by molar-refractivity contribution is 7.11. The van der Waals surface area contributed by atoms with E-state index >= 15 is 0 Å². The Kier molecular flexibility index (Phi) is 6.71. The fourth-order valence-corrected chi connectivity index (χ4v) is 2.88. The molecule has 0 fully saturated rings. The molecule has 1 heterocycles. The topological polar surface area (TPSA) is 57.6 Å². The first kappa shape index (κ1) is 16.7. The summed E-state index contributed by atoms with van der Waals surface area (Å²) in [6.07, 6.45) is 1.76. The molecule has 0 bridgehead atoms. The van der Waals surface area contributed by atoms with Gasteiger partial charge in [-0.15, -0.1) is 11.3 Å². The van der Waals surface area contributed by atoms with Crippen LogP contribution in [0.3, 0.4) is 0 Å². The zero-order chi connectivity index (χ0) is 15.1. The highest BCUT2D eigenvalue weighted by Crippen LogP contribution is 2.19. The van der Waals surface area contributed by atoms with Gasteiger partial charge >= 0.3 is 5.97 Å². The Bertz CT molecular complexity index is 454. The van der Waals surface area contributed by atoms with Gasteiger partial charge in [0.1, 0.15) is 0 Å². The lowest BCUT2D eigenvalue weighted by Gasteiger charge is -2.26. The van der Waals surface area contributed by atoms with E-state index in [0.29, 0.717) is 25.8 Å². The molecule has 0 saturated carbocycles. The zero-order valence-electron chi connectivity index (χ0n) is 12.4. The van der Waals surface area contributed by atoms with Gasteiger partial charge in [0, 0.05) is 28.6 Å². The second kappa shape index (κ2) is 8.04. The van der Waals surface area contributed by atoms with Gasteiger partial charge in [-0.2, -0.15) is 0 Å². The number of amides is 1. The summed E-state index contributed by atoms with van der Waals surface area (Å²) in [6.45, 7) is 6.72. The lowest BCUT2D eigenvalue weighted by Crippen LogP contribution is -2.36. The Balaban J connectivity index is 2.48. The number of aliphatic carboxylic acids is 1. The van der Waals surface area contributed by atoms with Gasteiger partial charge in [0.15, 0.2) is 0 Å². The predicted octanol–water partition coefficient (Wildman–Crippen LogP) is 3.44. The summed E-state index contributed by atoms with van der Waals surface area (Å²) in [5.74, 6) is -0.691. The van der Waals surface area contributed by atoms with Crippen molar-refractivity contribution in [1.29, 1.82) is 0 Å². The van der Waals surface area contributed by atoms with Crippen molar-refractivity contribution in [3.63, 3.8) is 0 Å². The average molecular weight is 297 g/mol. The molecule has 0 saturated heterocycles. The number of nitrogens with zero attached hydrogens (tertiary/aromatic N) is 1. The van der Waals surface area contributed by atoms with Crippen LogP contribution >= 0.6 is 11.3 Å². The molecule has 0 spiro atoms. The Labute approximate surface area is 124 Å². The van der Waals surface area contributed by atoms with E-state index in [2.05, 4.69) is 19.1 Å². The molecular formula is C15H23NO3S. The van der Waals surface area contributed by atoms with Crippen LogP contribution in [-0.4, -0.2) is 27.9 Å². The average Bonchev–Trinajstić information content (AvgIpc) is 2.76. The molecule has 4 nitrogen and oxygen atoms in total. The maximum absolute atomic E-state index is 12.2. The molecule has 0 aliphatic rings. The van der Waals surface area contributed by atoms with Crippen molar-refractivity contribution >= 4 is 23.2 Å². The van der Waals surface area contributed by atoms with Crippen molar-refractivity contribution < 1.29 is 14.7 Å². The third-order valence-corrected chi connectivity index (χ3v) is 4.08. The molecule has 0 atom stereocenters. The minimum Gasteiger partial charge on any atom is -0.481 e. The van der Waals surface area contributed by atoms with E-state index in [1.54, 1.807) is 11.3 Å². The van der Waals surface area contributed by atoms with Crippen molar-refractivity contribution in [2.24, 2.45) is 0 Å². The minimum absolute atomic E-state index is 0.108. The van der Waals surface area contributed by atoms with E-state index in [9.17, 15) is 9.59 Å². The van der Waals surface area contributed by atoms with E-state index in [-0.39, 0.29) is 18.4 Å². The van der Waals surface area contributed by atoms with Gasteiger partial charge in [0.05, 0.1) is 6.54 Å². The fourth-order valence-electron chi connectivity index (χ4n) is 1.99. The number of hydrogen-bond acceptors (Lipinski definition) is 3. The molecule has 0 radical (unpaired) electrons. The highest BCUT2D eigenvalue weighted by atomic mass is 32.1. The van der Waals surface area contributed by atoms with Gasteiger partial charge in [-0.3, -0.25) is 9.59 Å². The van der Waals surface area contributed by atoms with Gasteiger partial charge in [-0.05, 0) is 45.7 Å². The van der Waals surface area contributed by atoms with Crippen LogP contribution in [0.2, 0.25) is 0 Å². The first-order valence-corrected chi connectivity index (χ1v) is 7.78. The Hall–Kier alpha value is -1.36. The smallest absolute Gasteiger partial charge is 0.303 e. The van der Waals surface area contributed by atoms with Gasteiger partial charge in [0.25, 0.3) is 0 Å². The Morgan fingerprint density at radius 2 is 1.90 bits per heavy atom. The number of carbonyl (C=O) groups is 2. The van der Waals surface area contributed by atoms with E-state index in [4.69, 9.17) is 5.11 Å². The second-order valence-electron chi connectivity index (χ2n) is 5.23. The van der Waals surface area contributed by atoms with Crippen LogP contribution in [0.5, 0.6) is 0 Å². The van der Waals surface area contributed by atoms with Gasteiger partial charge in [-0.1, -0.05) is 0 Å². The van der Waals surface area contributed by atoms with Gasteiger partial charge in [-0.25, -0.2) is 0 Å². The molecule has 5 heteroatoms. The summed E-state index contributed by atoms with van der Waals surface area (Å²) in [7, 11) is 0. The minimum atomic E-state index is -0.799. The summed E-state index contributed by atoms with van der Waals surface area (Å²) >= 11 is 1.71. The molecule has 1 aromatic rings. The highest BCUT2D eigenvalue weighted by Gasteiger charge is 2.17. The van der Waals surface area contributed by atoms with Crippen LogP contribution < -0.4 is 0 Å². The number of unbranched alkanes of at least 4 members (excludes halogenated alkanes) is 1. The number of thiophene rings is 1. The summed E-state index contributed by atoms with van der Waals surface area (Å²) < 4.78 is 0. The monoisotopic (exact) mass is 297 g/mol. The van der Waals surface area contributed by atoms with E-state index in [1.165, 1.54) is 9.75 Å². The Morgan fingerprint density at radius 1 is 1.25 bits per heavy atom. The lowest BCUT2D eigenvalue weighted by atomic mass is 10.1. The molecule has 20 heavy (non-hydrogen) atoms. The maximum atomic E-state index is 12.2. The molecule has 0 aliphatic carbocycles. The van der Waals surface area contributed by atoms with Crippen LogP contribution in [0.1, 0.15) is 49.3 Å². The number of carboxylic acid groups (broad SMARTS) is 1. The standard InChI is InChI=1S/C15H23NO3S/c1-11(2)16(10-13-9-8-12(3)20-13)14(17)6-4-5-7-15(18)19/h8-9,11H,4-7,10H2,1-3H3,(H,18,19). The summed E-state index contributed by atoms with van der Waals surface area (Å²) in [5.41, 5.74) is 0. The maximum Gasteiger partial charge on any atom is 0.303 e. The third-order valence-electron chi connectivity index (χ3n) is 3.10. The molecule has 1 rings (SSSR count). The predicted molar refractivity (Wildman–Crippen MR) is 80.8 cm³/mol. The van der Waals surface area contributed by atoms with Crippen LogP contribution in [0.4, 0.5) is 0 Å². The van der Waals surface area contributed by atoms with Gasteiger partial charge < -0.3 is 10.0 Å². The number of carboxylic acids is 1. The molecule has 0 aromatic carbocycles. The van der Waals surface area contributed by atoms with Gasteiger partial charge in [0.2, 0.25) is 5.91 Å². The van der Waals surface area contributed by atoms with Crippen LogP contribution in [0.25, 0.3) is 0 Å². The van der Waals surface area contributed by atoms with Crippen LogP contribution in [0, 0.1) is 6.92 Å². The SMILES string of the molecule is Cc1ccc(CN(C(=O)CCCCC(=O)O)C(C)C)s1. The summed E-state index contributed by atoms with van der Waals surface area (Å²) in [6, 6.07) is 4.28. The largest absolute Gasteiger partial charge is 0.481 e. The number of carbonyl (C=O) groups excluding carboxylic acids is 1. The van der Waals surface area contributed by atoms with Crippen LogP contribution in [0.15, 0.2) is 12.1 Å². The van der Waals surface area contributed by atoms with E-state index in [0.717, 1.165) is 0 Å². The first-order valence-electron chi connectivity index (χ1n) is 6.96. The molecule has 112 valence electrons. The molecular weight excluding hydrogens is 274 g/mol. The quantitative estimate of drug-likeness (QED) is 0.748. The zero-order valence-corrected chi connectivity index (χ0v) is 13.2. The van der Waals surface area contributed by atoms with Crippen molar-refractivity contribution in [1.82, 2.24) is 4.90 Å². The molecule has 1 amide bonds. The van der Waals surface area contributed by atoms with E-state index < -0.39 is 5.97 Å². The first-order chi connectivity index (χ1) is 9.40. The molecule has 1 aromatic heterocycles. The van der Waals surface area contributed by atoms with E-state index in [1.807, 2.05) is 18.7 Å². The summed E-state index contributed by atoms with van der Waals surface area (Å²) in [5, 5.41) is 8.58. The molecule has 0 unspecified atom stereocenters. The number of rotatable bonds is 8. The Morgan fingerprint density at radius 3 is 2.40 bits per heavy atom. The van der Waals surface area contributed by atoms with Crippen molar-refractivity contribution in [2.75, 3.05) is 0 Å². The van der Waals surface area contributed by atoms with Crippen molar-refractivity contribution in [3.8, 4) is 0 Å². The van der Waals surface area contributed by atoms with Crippen molar-refractivity contribution in [3.05, 3.63) is 21.9 Å². The van der Waals surface area contributed by atoms with Crippen molar-refractivity contribution in [2.45, 2.75) is 59.0 Å². The normalized spacial score (nSPS) is 10.8. The fraction of sp³-hybridized carbons (Fsp3) is 0.600.